The zero-order valence-corrected chi connectivity index (χ0v) is 20.1. The van der Waals surface area contributed by atoms with Crippen LogP contribution in [-0.2, 0) is 19.1 Å². The smallest absolute Gasteiger partial charge is 0.335 e. The van der Waals surface area contributed by atoms with Crippen molar-refractivity contribution in [2.75, 3.05) is 37.8 Å². The predicted octanol–water partition coefficient (Wildman–Crippen LogP) is 3.01. The summed E-state index contributed by atoms with van der Waals surface area (Å²) in [5, 5.41) is 2.62. The number of hydrogen-bond acceptors (Lipinski definition) is 6. The van der Waals surface area contributed by atoms with Crippen molar-refractivity contribution in [1.82, 2.24) is 10.2 Å². The van der Waals surface area contributed by atoms with Crippen LogP contribution in [0.3, 0.4) is 0 Å². The maximum Gasteiger partial charge on any atom is 0.335 e. The summed E-state index contributed by atoms with van der Waals surface area (Å²) in [7, 11) is 0. The number of anilines is 1. The van der Waals surface area contributed by atoms with E-state index in [1.165, 1.54) is 30.3 Å². The first-order chi connectivity index (χ1) is 16.3. The first-order valence-corrected chi connectivity index (χ1v) is 11.5. The number of halogens is 2. The molecular formula is C23H19BrClN3O6. The molecule has 2 aliphatic rings. The summed E-state index contributed by atoms with van der Waals surface area (Å²) in [5.41, 5.74) is 0.584. The molecule has 0 aromatic heterocycles. The highest BCUT2D eigenvalue weighted by atomic mass is 79.9. The topological polar surface area (TPSA) is 105 Å². The van der Waals surface area contributed by atoms with Gasteiger partial charge in [-0.25, -0.2) is 9.69 Å². The average molecular weight is 549 g/mol. The normalized spacial score (nSPS) is 17.7. The first-order valence-electron chi connectivity index (χ1n) is 10.3. The molecule has 11 heteroatoms. The van der Waals surface area contributed by atoms with E-state index in [0.717, 1.165) is 4.90 Å². The lowest BCUT2D eigenvalue weighted by atomic mass is 10.1. The minimum atomic E-state index is -0.843. The Morgan fingerprint density at radius 3 is 2.50 bits per heavy atom. The van der Waals surface area contributed by atoms with E-state index in [1.54, 1.807) is 23.1 Å². The SMILES string of the molecule is O=C1NC(=O)N(c2ccc(Cl)cc2)C(=O)/C1=C/c1ccc(OCC(=O)N2CCOCC2)c(Br)c1. The molecule has 0 unspecified atom stereocenters. The van der Waals surface area contributed by atoms with Crippen LogP contribution in [0.25, 0.3) is 6.08 Å². The molecule has 0 atom stereocenters. The van der Waals surface area contributed by atoms with Gasteiger partial charge in [0.25, 0.3) is 17.7 Å². The Balaban J connectivity index is 1.49. The highest BCUT2D eigenvalue weighted by molar-refractivity contribution is 9.10. The van der Waals surface area contributed by atoms with Crippen LogP contribution in [0, 0.1) is 0 Å². The van der Waals surface area contributed by atoms with E-state index in [1.807, 2.05) is 0 Å². The Labute approximate surface area is 208 Å². The second-order valence-corrected chi connectivity index (χ2v) is 8.70. The molecule has 0 bridgehead atoms. The molecule has 0 spiro atoms. The van der Waals surface area contributed by atoms with Crippen molar-refractivity contribution in [1.29, 1.82) is 0 Å². The number of barbiturate groups is 1. The summed E-state index contributed by atoms with van der Waals surface area (Å²) in [6.45, 7) is 1.94. The summed E-state index contributed by atoms with van der Waals surface area (Å²) < 4.78 is 11.4. The van der Waals surface area contributed by atoms with Crippen LogP contribution >= 0.6 is 27.5 Å². The fraction of sp³-hybridized carbons (Fsp3) is 0.217. The van der Waals surface area contributed by atoms with Crippen molar-refractivity contribution in [3.8, 4) is 5.75 Å². The third-order valence-electron chi connectivity index (χ3n) is 5.17. The fourth-order valence-electron chi connectivity index (χ4n) is 3.42. The van der Waals surface area contributed by atoms with Crippen molar-refractivity contribution in [2.24, 2.45) is 0 Å². The molecule has 9 nitrogen and oxygen atoms in total. The van der Waals surface area contributed by atoms with Crippen molar-refractivity contribution in [2.45, 2.75) is 0 Å². The molecule has 4 rings (SSSR count). The van der Waals surface area contributed by atoms with E-state index in [0.29, 0.717) is 47.1 Å². The van der Waals surface area contributed by atoms with Gasteiger partial charge >= 0.3 is 6.03 Å². The summed E-state index contributed by atoms with van der Waals surface area (Å²) in [6.07, 6.45) is 1.38. The Bertz CT molecular complexity index is 1180. The Morgan fingerprint density at radius 2 is 1.82 bits per heavy atom. The van der Waals surface area contributed by atoms with Gasteiger partial charge in [-0.2, -0.15) is 0 Å². The van der Waals surface area contributed by atoms with Crippen molar-refractivity contribution < 1.29 is 28.7 Å². The second kappa shape index (κ2) is 10.4. The maximum atomic E-state index is 13.0. The number of nitrogens with zero attached hydrogens (tertiary/aromatic N) is 2. The monoisotopic (exact) mass is 547 g/mol. The Kier molecular flexibility index (Phi) is 7.30. The molecule has 1 N–H and O–H groups in total. The Morgan fingerprint density at radius 1 is 1.12 bits per heavy atom. The molecule has 2 heterocycles. The lowest BCUT2D eigenvalue weighted by Crippen LogP contribution is -2.54. The zero-order valence-electron chi connectivity index (χ0n) is 17.8. The molecule has 176 valence electrons. The molecule has 2 aromatic carbocycles. The lowest BCUT2D eigenvalue weighted by molar-refractivity contribution is -0.137. The number of morpholine rings is 1. The number of rotatable bonds is 5. The van der Waals surface area contributed by atoms with Crippen LogP contribution in [0.1, 0.15) is 5.56 Å². The number of imide groups is 2. The van der Waals surface area contributed by atoms with Crippen LogP contribution in [0.2, 0.25) is 5.02 Å². The van der Waals surface area contributed by atoms with Crippen LogP contribution < -0.4 is 15.0 Å². The molecule has 0 saturated carbocycles. The van der Waals surface area contributed by atoms with E-state index < -0.39 is 17.8 Å². The van der Waals surface area contributed by atoms with Gasteiger partial charge in [0.05, 0.1) is 23.4 Å². The molecular weight excluding hydrogens is 530 g/mol. The van der Waals surface area contributed by atoms with Crippen molar-refractivity contribution >= 4 is 63.0 Å². The molecule has 2 aromatic rings. The number of carbonyl (C=O) groups excluding carboxylic acids is 4. The fourth-order valence-corrected chi connectivity index (χ4v) is 4.05. The largest absolute Gasteiger partial charge is 0.483 e. The molecule has 2 aliphatic heterocycles. The van der Waals surface area contributed by atoms with Gasteiger partial charge in [0.1, 0.15) is 11.3 Å². The second-order valence-electron chi connectivity index (χ2n) is 7.41. The third kappa shape index (κ3) is 5.30. The summed E-state index contributed by atoms with van der Waals surface area (Å²) in [6, 6.07) is 10.2. The van der Waals surface area contributed by atoms with E-state index >= 15 is 0 Å². The van der Waals surface area contributed by atoms with Gasteiger partial charge in [-0.05, 0) is 64.0 Å². The number of ether oxygens (including phenoxy) is 2. The number of benzene rings is 2. The number of amides is 5. The first kappa shape index (κ1) is 23.9. The summed E-state index contributed by atoms with van der Waals surface area (Å²) in [5.74, 6) is -1.27. The minimum Gasteiger partial charge on any atom is -0.483 e. The zero-order chi connectivity index (χ0) is 24.2. The van der Waals surface area contributed by atoms with Gasteiger partial charge in [-0.15, -0.1) is 0 Å². The molecule has 34 heavy (non-hydrogen) atoms. The van der Waals surface area contributed by atoms with Crippen molar-refractivity contribution in [3.63, 3.8) is 0 Å². The maximum absolute atomic E-state index is 13.0. The summed E-state index contributed by atoms with van der Waals surface area (Å²) in [4.78, 5) is 52.5. The van der Waals surface area contributed by atoms with Crippen LogP contribution in [-0.4, -0.2) is 61.6 Å². The van der Waals surface area contributed by atoms with Gasteiger partial charge in [0.15, 0.2) is 6.61 Å². The number of urea groups is 1. The van der Waals surface area contributed by atoms with E-state index in [9.17, 15) is 19.2 Å². The third-order valence-corrected chi connectivity index (χ3v) is 6.04. The highest BCUT2D eigenvalue weighted by Crippen LogP contribution is 2.28. The number of carbonyl (C=O) groups is 4. The minimum absolute atomic E-state index is 0.127. The number of nitrogens with one attached hydrogen (secondary N) is 1. The average Bonchev–Trinajstić information content (AvgIpc) is 2.82. The highest BCUT2D eigenvalue weighted by Gasteiger charge is 2.36. The van der Waals surface area contributed by atoms with Crippen molar-refractivity contribution in [3.05, 3.63) is 63.1 Å². The molecule has 0 radical (unpaired) electrons. The van der Waals surface area contributed by atoms with Crippen LogP contribution in [0.15, 0.2) is 52.5 Å². The molecule has 2 saturated heterocycles. The quantitative estimate of drug-likeness (QED) is 0.455. The van der Waals surface area contributed by atoms with Gasteiger partial charge in [0.2, 0.25) is 0 Å². The van der Waals surface area contributed by atoms with Gasteiger partial charge in [-0.3, -0.25) is 19.7 Å². The van der Waals surface area contributed by atoms with Gasteiger partial charge < -0.3 is 14.4 Å². The molecule has 0 aliphatic carbocycles. The lowest BCUT2D eigenvalue weighted by Gasteiger charge is -2.26. The van der Waals surface area contributed by atoms with E-state index in [4.69, 9.17) is 21.1 Å². The van der Waals surface area contributed by atoms with Gasteiger partial charge in [-0.1, -0.05) is 17.7 Å². The van der Waals surface area contributed by atoms with E-state index in [-0.39, 0.29) is 23.8 Å². The molecule has 2 fully saturated rings. The predicted molar refractivity (Wildman–Crippen MR) is 127 cm³/mol. The number of hydrogen-bond donors (Lipinski definition) is 1. The Hall–Kier alpha value is -3.21. The molecule has 5 amide bonds. The summed E-state index contributed by atoms with van der Waals surface area (Å²) >= 11 is 9.27. The standard InChI is InChI=1S/C23H19BrClN3O6/c24-18-12-14(1-6-19(18)34-13-20(29)27-7-9-33-10-8-27)11-17-21(30)26-23(32)28(22(17)31)16-4-2-15(25)3-5-16/h1-6,11-12H,7-10,13H2,(H,26,30,32)/b17-11+. The van der Waals surface area contributed by atoms with E-state index in [2.05, 4.69) is 21.2 Å². The van der Waals surface area contributed by atoms with Crippen LogP contribution in [0.4, 0.5) is 10.5 Å². The van der Waals surface area contributed by atoms with Crippen LogP contribution in [0.5, 0.6) is 5.75 Å². The van der Waals surface area contributed by atoms with Gasteiger partial charge in [0, 0.05) is 18.1 Å².